The third-order valence-electron chi connectivity index (χ3n) is 3.21. The summed E-state index contributed by atoms with van der Waals surface area (Å²) < 4.78 is 39.4. The largest absolute Gasteiger partial charge is 0.480 e. The summed E-state index contributed by atoms with van der Waals surface area (Å²) in [5.74, 6) is -5.21. The molecule has 1 rings (SSSR count). The van der Waals surface area contributed by atoms with E-state index in [-0.39, 0.29) is 12.8 Å². The van der Waals surface area contributed by atoms with E-state index in [2.05, 4.69) is 5.32 Å². The fourth-order valence-electron chi connectivity index (χ4n) is 1.80. The van der Waals surface area contributed by atoms with Gasteiger partial charge in [0, 0.05) is 12.1 Å². The lowest BCUT2D eigenvalue weighted by molar-refractivity contribution is -0.144. The molecule has 0 radical (unpaired) electrons. The van der Waals surface area contributed by atoms with Crippen molar-refractivity contribution in [2.24, 2.45) is 0 Å². The van der Waals surface area contributed by atoms with E-state index in [1.54, 1.807) is 13.8 Å². The molecular weight excluding hydrogens is 289 g/mol. The number of carbonyl (C=O) groups is 2. The first-order valence-electron chi connectivity index (χ1n) is 6.22. The lowest BCUT2D eigenvalue weighted by Crippen LogP contribution is -2.55. The Hall–Kier alpha value is -2.25. The zero-order valence-corrected chi connectivity index (χ0v) is 11.5. The van der Waals surface area contributed by atoms with Gasteiger partial charge in [0.2, 0.25) is 0 Å². The van der Waals surface area contributed by atoms with E-state index in [9.17, 15) is 22.8 Å². The number of carbonyl (C=O) groups excluding carboxylic acids is 1. The Morgan fingerprint density at radius 1 is 1.19 bits per heavy atom. The second-order valence-electron chi connectivity index (χ2n) is 4.42. The number of hydrogen-bond donors (Lipinski definition) is 3. The molecule has 21 heavy (non-hydrogen) atoms. The molecule has 0 saturated carbocycles. The number of aliphatic carboxylic acids is 1. The Kier molecular flexibility index (Phi) is 5.17. The monoisotopic (exact) mass is 304 g/mol. The highest BCUT2D eigenvalue weighted by molar-refractivity contribution is 5.94. The normalized spacial score (nSPS) is 11.1. The molecule has 1 aromatic carbocycles. The van der Waals surface area contributed by atoms with Crippen molar-refractivity contribution in [1.82, 2.24) is 5.32 Å². The molecule has 2 amide bonds. The quantitative estimate of drug-likeness (QED) is 0.732. The van der Waals surface area contributed by atoms with E-state index in [1.807, 2.05) is 5.32 Å². The van der Waals surface area contributed by atoms with Crippen LogP contribution < -0.4 is 10.6 Å². The van der Waals surface area contributed by atoms with Crippen LogP contribution in [0.1, 0.15) is 26.7 Å². The highest BCUT2D eigenvalue weighted by atomic mass is 19.2. The maximum Gasteiger partial charge on any atom is 0.329 e. The van der Waals surface area contributed by atoms with Crippen molar-refractivity contribution in [1.29, 1.82) is 0 Å². The fourth-order valence-corrected chi connectivity index (χ4v) is 1.80. The summed E-state index contributed by atoms with van der Waals surface area (Å²) in [4.78, 5) is 22.9. The number of benzene rings is 1. The summed E-state index contributed by atoms with van der Waals surface area (Å²) in [5, 5.41) is 13.2. The van der Waals surface area contributed by atoms with Gasteiger partial charge in [-0.05, 0) is 12.8 Å². The van der Waals surface area contributed by atoms with Crippen molar-refractivity contribution < 1.29 is 27.9 Å². The van der Waals surface area contributed by atoms with Crippen LogP contribution in [-0.2, 0) is 4.79 Å². The topological polar surface area (TPSA) is 78.4 Å². The van der Waals surface area contributed by atoms with Gasteiger partial charge in [0.1, 0.15) is 11.4 Å². The minimum absolute atomic E-state index is 0.0895. The summed E-state index contributed by atoms with van der Waals surface area (Å²) in [7, 11) is 0. The van der Waals surface area contributed by atoms with Gasteiger partial charge in [-0.15, -0.1) is 0 Å². The van der Waals surface area contributed by atoms with Gasteiger partial charge in [-0.3, -0.25) is 0 Å². The molecule has 8 heteroatoms. The number of amides is 2. The van der Waals surface area contributed by atoms with Crippen molar-refractivity contribution in [2.45, 2.75) is 32.2 Å². The molecule has 0 aliphatic heterocycles. The SMILES string of the molecule is CCC(CC)(NC(=O)Nc1cc(F)cc(F)c1F)C(=O)O. The zero-order valence-electron chi connectivity index (χ0n) is 11.5. The number of urea groups is 1. The molecule has 116 valence electrons. The Morgan fingerprint density at radius 2 is 1.76 bits per heavy atom. The number of anilines is 1. The van der Waals surface area contributed by atoms with Crippen LogP contribution in [0, 0.1) is 17.5 Å². The number of hydrogen-bond acceptors (Lipinski definition) is 2. The molecule has 3 N–H and O–H groups in total. The second-order valence-corrected chi connectivity index (χ2v) is 4.42. The van der Waals surface area contributed by atoms with Crippen molar-refractivity contribution in [2.75, 3.05) is 5.32 Å². The van der Waals surface area contributed by atoms with Crippen LogP contribution in [0.4, 0.5) is 23.7 Å². The number of nitrogens with one attached hydrogen (secondary N) is 2. The van der Waals surface area contributed by atoms with E-state index in [1.165, 1.54) is 0 Å². The number of rotatable bonds is 5. The number of carboxylic acids is 1. The maximum atomic E-state index is 13.4. The van der Waals surface area contributed by atoms with Crippen LogP contribution in [0.2, 0.25) is 0 Å². The minimum Gasteiger partial charge on any atom is -0.480 e. The molecule has 0 atom stereocenters. The van der Waals surface area contributed by atoms with E-state index in [0.29, 0.717) is 12.1 Å². The Bertz CT molecular complexity index is 560. The van der Waals surface area contributed by atoms with Gasteiger partial charge in [-0.1, -0.05) is 13.8 Å². The van der Waals surface area contributed by atoms with Gasteiger partial charge in [-0.2, -0.15) is 0 Å². The summed E-state index contributed by atoms with van der Waals surface area (Å²) in [6.07, 6.45) is 0.179. The van der Waals surface area contributed by atoms with Gasteiger partial charge in [0.25, 0.3) is 0 Å². The third kappa shape index (κ3) is 3.65. The Morgan fingerprint density at radius 3 is 2.24 bits per heavy atom. The molecule has 0 spiro atoms. The summed E-state index contributed by atoms with van der Waals surface area (Å²) in [6.45, 7) is 3.11. The van der Waals surface area contributed by atoms with Crippen molar-refractivity contribution >= 4 is 17.7 Å². The van der Waals surface area contributed by atoms with Crippen LogP contribution >= 0.6 is 0 Å². The molecule has 0 unspecified atom stereocenters. The zero-order chi connectivity index (χ0) is 16.2. The van der Waals surface area contributed by atoms with Crippen LogP contribution in [0.3, 0.4) is 0 Å². The predicted molar refractivity (Wildman–Crippen MR) is 69.4 cm³/mol. The highest BCUT2D eigenvalue weighted by Crippen LogP contribution is 2.20. The molecular formula is C13H15F3N2O3. The van der Waals surface area contributed by atoms with Crippen LogP contribution in [0.15, 0.2) is 12.1 Å². The molecule has 0 saturated heterocycles. The van der Waals surface area contributed by atoms with E-state index in [4.69, 9.17) is 5.11 Å². The number of halogens is 3. The summed E-state index contributed by atoms with van der Waals surface area (Å²) in [5.41, 5.74) is -2.25. The van der Waals surface area contributed by atoms with Gasteiger partial charge in [0.15, 0.2) is 11.6 Å². The van der Waals surface area contributed by atoms with E-state index < -0.39 is 40.7 Å². The first-order valence-corrected chi connectivity index (χ1v) is 6.22. The first kappa shape index (κ1) is 16.8. The summed E-state index contributed by atoms with van der Waals surface area (Å²) >= 11 is 0. The van der Waals surface area contributed by atoms with E-state index >= 15 is 0 Å². The van der Waals surface area contributed by atoms with Crippen LogP contribution in [0.25, 0.3) is 0 Å². The van der Waals surface area contributed by atoms with Crippen LogP contribution in [0.5, 0.6) is 0 Å². The standard InChI is InChI=1S/C13H15F3N2O3/c1-3-13(4-2,11(19)20)18-12(21)17-9-6-7(14)5-8(15)10(9)16/h5-6H,3-4H2,1-2H3,(H,19,20)(H2,17,18,21). The molecule has 0 fully saturated rings. The van der Waals surface area contributed by atoms with Gasteiger partial charge >= 0.3 is 12.0 Å². The van der Waals surface area contributed by atoms with Gasteiger partial charge < -0.3 is 15.7 Å². The van der Waals surface area contributed by atoms with Gasteiger partial charge in [0.05, 0.1) is 5.69 Å². The average Bonchev–Trinajstić information content (AvgIpc) is 2.41. The lowest BCUT2D eigenvalue weighted by Gasteiger charge is -2.28. The van der Waals surface area contributed by atoms with Gasteiger partial charge in [-0.25, -0.2) is 22.8 Å². The molecule has 0 aromatic heterocycles. The van der Waals surface area contributed by atoms with Crippen molar-refractivity contribution in [3.63, 3.8) is 0 Å². The highest BCUT2D eigenvalue weighted by Gasteiger charge is 2.36. The molecule has 1 aromatic rings. The Balaban J connectivity index is 2.94. The fraction of sp³-hybridized carbons (Fsp3) is 0.385. The molecule has 0 aliphatic rings. The first-order chi connectivity index (χ1) is 9.75. The second kappa shape index (κ2) is 6.47. The lowest BCUT2D eigenvalue weighted by atomic mass is 9.93. The molecule has 0 heterocycles. The molecule has 0 bridgehead atoms. The molecule has 0 aliphatic carbocycles. The average molecular weight is 304 g/mol. The summed E-state index contributed by atoms with van der Waals surface area (Å²) in [6, 6.07) is -0.138. The minimum atomic E-state index is -1.54. The number of carboxylic acid groups (broad SMARTS) is 1. The van der Waals surface area contributed by atoms with Crippen molar-refractivity contribution in [3.05, 3.63) is 29.6 Å². The Labute approximate surface area is 119 Å². The van der Waals surface area contributed by atoms with Crippen molar-refractivity contribution in [3.8, 4) is 0 Å². The van der Waals surface area contributed by atoms with E-state index in [0.717, 1.165) is 0 Å². The van der Waals surface area contributed by atoms with Crippen LogP contribution in [-0.4, -0.2) is 22.6 Å². The smallest absolute Gasteiger partial charge is 0.329 e. The third-order valence-corrected chi connectivity index (χ3v) is 3.21. The maximum absolute atomic E-state index is 13.4. The predicted octanol–water partition coefficient (Wildman–Crippen LogP) is 2.87. The molecule has 5 nitrogen and oxygen atoms in total.